The van der Waals surface area contributed by atoms with Gasteiger partial charge in [-0.05, 0) is 18.4 Å². The van der Waals surface area contributed by atoms with Gasteiger partial charge in [-0.15, -0.1) is 10.2 Å². The largest absolute Gasteiger partial charge is 0.421 e. The molecule has 0 N–H and O–H groups in total. The maximum Gasteiger partial charge on any atom is 0.248 e. The second-order valence-corrected chi connectivity index (χ2v) is 7.38. The summed E-state index contributed by atoms with van der Waals surface area (Å²) in [6.07, 6.45) is 0.847. The predicted octanol–water partition coefficient (Wildman–Crippen LogP) is 2.37. The van der Waals surface area contributed by atoms with E-state index in [1.165, 1.54) is 0 Å². The molecule has 4 heterocycles. The van der Waals surface area contributed by atoms with Gasteiger partial charge in [0.05, 0.1) is 12.2 Å². The third kappa shape index (κ3) is 4.42. The summed E-state index contributed by atoms with van der Waals surface area (Å²) in [4.78, 5) is 16.6. The van der Waals surface area contributed by atoms with Crippen molar-refractivity contribution < 1.29 is 13.7 Å². The summed E-state index contributed by atoms with van der Waals surface area (Å²) in [6, 6.07) is 3.89. The number of rotatable bonds is 6. The van der Waals surface area contributed by atoms with E-state index in [4.69, 9.17) is 8.94 Å². The average Bonchev–Trinajstić information content (AvgIpc) is 3.42. The lowest BCUT2D eigenvalue weighted by Gasteiger charge is -2.34. The van der Waals surface area contributed by atoms with Crippen LogP contribution in [-0.4, -0.2) is 57.2 Å². The molecule has 4 rings (SSSR count). The zero-order chi connectivity index (χ0) is 18.6. The molecular formula is C18H21N5O3S. The van der Waals surface area contributed by atoms with Crippen LogP contribution in [0, 0.1) is 6.92 Å². The smallest absolute Gasteiger partial charge is 0.248 e. The van der Waals surface area contributed by atoms with Crippen LogP contribution in [0.2, 0.25) is 0 Å². The molecule has 8 nitrogen and oxygen atoms in total. The molecule has 0 saturated carbocycles. The molecule has 1 fully saturated rings. The van der Waals surface area contributed by atoms with Crippen LogP contribution in [-0.2, 0) is 17.8 Å². The van der Waals surface area contributed by atoms with E-state index in [0.29, 0.717) is 24.6 Å². The maximum absolute atomic E-state index is 12.5. The van der Waals surface area contributed by atoms with E-state index < -0.39 is 0 Å². The molecule has 0 spiro atoms. The van der Waals surface area contributed by atoms with E-state index in [0.717, 1.165) is 49.7 Å². The molecule has 0 bridgehead atoms. The number of hydrogen-bond acceptors (Lipinski definition) is 8. The fourth-order valence-electron chi connectivity index (χ4n) is 3.10. The lowest BCUT2D eigenvalue weighted by Crippen LogP contribution is -2.48. The van der Waals surface area contributed by atoms with Crippen LogP contribution in [0.3, 0.4) is 0 Å². The first-order chi connectivity index (χ1) is 13.2. The molecule has 9 heteroatoms. The molecule has 0 radical (unpaired) electrons. The van der Waals surface area contributed by atoms with E-state index in [1.54, 1.807) is 11.3 Å². The topological polar surface area (TPSA) is 88.5 Å². The summed E-state index contributed by atoms with van der Waals surface area (Å²) in [5.41, 5.74) is 1.81. The van der Waals surface area contributed by atoms with Crippen LogP contribution in [0.5, 0.6) is 0 Å². The highest BCUT2D eigenvalue weighted by atomic mass is 32.1. The first-order valence-corrected chi connectivity index (χ1v) is 9.89. The monoisotopic (exact) mass is 387 g/mol. The average molecular weight is 387 g/mol. The van der Waals surface area contributed by atoms with Crippen molar-refractivity contribution in [2.45, 2.75) is 26.3 Å². The van der Waals surface area contributed by atoms with Gasteiger partial charge in [0.2, 0.25) is 17.7 Å². The Bertz CT molecular complexity index is 881. The Labute approximate surface area is 160 Å². The highest BCUT2D eigenvalue weighted by Crippen LogP contribution is 2.21. The number of aryl methyl sites for hydroxylation is 2. The molecule has 0 aromatic carbocycles. The first kappa shape index (κ1) is 17.9. The van der Waals surface area contributed by atoms with Crippen LogP contribution in [0.1, 0.15) is 23.8 Å². The zero-order valence-electron chi connectivity index (χ0n) is 15.1. The van der Waals surface area contributed by atoms with Crippen molar-refractivity contribution in [3.63, 3.8) is 0 Å². The van der Waals surface area contributed by atoms with Crippen LogP contribution >= 0.6 is 11.3 Å². The Morgan fingerprint density at radius 3 is 2.81 bits per heavy atom. The van der Waals surface area contributed by atoms with Gasteiger partial charge in [0.15, 0.2) is 5.76 Å². The number of nitrogens with zero attached hydrogens (tertiary/aromatic N) is 5. The van der Waals surface area contributed by atoms with Crippen molar-refractivity contribution in [2.24, 2.45) is 0 Å². The van der Waals surface area contributed by atoms with Crippen LogP contribution in [0.25, 0.3) is 11.5 Å². The highest BCUT2D eigenvalue weighted by Gasteiger charge is 2.22. The summed E-state index contributed by atoms with van der Waals surface area (Å²) >= 11 is 1.58. The van der Waals surface area contributed by atoms with Crippen LogP contribution < -0.4 is 0 Å². The molecule has 1 amide bonds. The van der Waals surface area contributed by atoms with Gasteiger partial charge >= 0.3 is 0 Å². The van der Waals surface area contributed by atoms with Crippen molar-refractivity contribution in [2.75, 3.05) is 26.2 Å². The van der Waals surface area contributed by atoms with Gasteiger partial charge in [0, 0.05) is 56.0 Å². The van der Waals surface area contributed by atoms with E-state index in [2.05, 4.69) is 20.3 Å². The van der Waals surface area contributed by atoms with Gasteiger partial charge in [0.25, 0.3) is 0 Å². The summed E-state index contributed by atoms with van der Waals surface area (Å²) in [5.74, 6) is 2.00. The van der Waals surface area contributed by atoms with Gasteiger partial charge in [-0.3, -0.25) is 9.69 Å². The first-order valence-electron chi connectivity index (χ1n) is 8.94. The Morgan fingerprint density at radius 2 is 2.11 bits per heavy atom. The molecule has 3 aromatic heterocycles. The number of carbonyl (C=O) groups excluding carboxylic acids is 1. The minimum atomic E-state index is 0.125. The van der Waals surface area contributed by atoms with Crippen molar-refractivity contribution in [3.05, 3.63) is 40.2 Å². The second kappa shape index (κ2) is 8.01. The highest BCUT2D eigenvalue weighted by molar-refractivity contribution is 7.08. The van der Waals surface area contributed by atoms with E-state index in [-0.39, 0.29) is 5.91 Å². The van der Waals surface area contributed by atoms with Crippen LogP contribution in [0.4, 0.5) is 0 Å². The van der Waals surface area contributed by atoms with Crippen LogP contribution in [0.15, 0.2) is 31.8 Å². The Morgan fingerprint density at radius 1 is 1.26 bits per heavy atom. The van der Waals surface area contributed by atoms with E-state index in [9.17, 15) is 4.79 Å². The van der Waals surface area contributed by atoms with Gasteiger partial charge in [0.1, 0.15) is 0 Å². The maximum atomic E-state index is 12.5. The molecule has 3 aromatic rings. The molecule has 0 atom stereocenters. The van der Waals surface area contributed by atoms with E-state index in [1.807, 2.05) is 34.7 Å². The molecule has 1 saturated heterocycles. The minimum Gasteiger partial charge on any atom is -0.421 e. The molecule has 1 aliphatic heterocycles. The zero-order valence-corrected chi connectivity index (χ0v) is 15.9. The molecule has 1 aliphatic rings. The van der Waals surface area contributed by atoms with Gasteiger partial charge in [-0.25, -0.2) is 0 Å². The van der Waals surface area contributed by atoms with Crippen molar-refractivity contribution in [3.8, 4) is 11.5 Å². The molecular weight excluding hydrogens is 366 g/mol. The Balaban J connectivity index is 1.23. The van der Waals surface area contributed by atoms with Crippen molar-refractivity contribution in [1.29, 1.82) is 0 Å². The van der Waals surface area contributed by atoms with Gasteiger partial charge < -0.3 is 13.8 Å². The molecule has 142 valence electrons. The third-order valence-corrected chi connectivity index (χ3v) is 5.25. The number of thiophene rings is 1. The number of carbonyl (C=O) groups is 1. The summed E-state index contributed by atoms with van der Waals surface area (Å²) in [7, 11) is 0. The Kier molecular flexibility index (Phi) is 5.30. The van der Waals surface area contributed by atoms with Crippen molar-refractivity contribution in [1.82, 2.24) is 25.2 Å². The fraction of sp³-hybridized carbons (Fsp3) is 0.444. The molecule has 0 aliphatic carbocycles. The normalized spacial score (nSPS) is 15.4. The van der Waals surface area contributed by atoms with E-state index >= 15 is 0 Å². The number of hydrogen-bond donors (Lipinski definition) is 0. The van der Waals surface area contributed by atoms with Gasteiger partial charge in [-0.2, -0.15) is 11.3 Å². The summed E-state index contributed by atoms with van der Waals surface area (Å²) in [5, 5.41) is 15.9. The van der Waals surface area contributed by atoms with Crippen molar-refractivity contribution >= 4 is 17.2 Å². The SMILES string of the molecule is Cc1cc(CN2CCN(C(=O)CCc3nnc(-c4ccsc4)o3)CC2)on1. The third-order valence-electron chi connectivity index (χ3n) is 4.57. The second-order valence-electron chi connectivity index (χ2n) is 6.60. The lowest BCUT2D eigenvalue weighted by atomic mass is 10.2. The fourth-order valence-corrected chi connectivity index (χ4v) is 3.73. The lowest BCUT2D eigenvalue weighted by molar-refractivity contribution is -0.133. The standard InChI is InChI=1S/C18H21N5O3S/c1-13-10-15(26-21-13)11-22-5-7-23(8-6-22)17(24)3-2-16-19-20-18(25-16)14-4-9-27-12-14/h4,9-10,12H,2-3,5-8,11H2,1H3. The molecule has 0 unspecified atom stereocenters. The summed E-state index contributed by atoms with van der Waals surface area (Å²) in [6.45, 7) is 5.74. The Hall–Kier alpha value is -2.52. The quantitative estimate of drug-likeness (QED) is 0.641. The summed E-state index contributed by atoms with van der Waals surface area (Å²) < 4.78 is 10.9. The van der Waals surface area contributed by atoms with Gasteiger partial charge in [-0.1, -0.05) is 5.16 Å². The minimum absolute atomic E-state index is 0.125. The predicted molar refractivity (Wildman–Crippen MR) is 99.0 cm³/mol. The molecule has 27 heavy (non-hydrogen) atoms. The number of piperazine rings is 1. The number of amides is 1. The number of aromatic nitrogens is 3.